The highest BCUT2D eigenvalue weighted by atomic mass is 32.2. The van der Waals surface area contributed by atoms with Gasteiger partial charge in [-0.25, -0.2) is 13.6 Å². The fourth-order valence-electron chi connectivity index (χ4n) is 4.57. The van der Waals surface area contributed by atoms with Gasteiger partial charge in [-0.2, -0.15) is 13.2 Å². The van der Waals surface area contributed by atoms with Gasteiger partial charge in [-0.15, -0.1) is 0 Å². The molecule has 12 heteroatoms. The summed E-state index contributed by atoms with van der Waals surface area (Å²) in [7, 11) is -3.80. The van der Waals surface area contributed by atoms with E-state index in [1.165, 1.54) is 28.8 Å². The molecule has 1 aliphatic rings. The van der Waals surface area contributed by atoms with E-state index < -0.39 is 22.7 Å². The lowest BCUT2D eigenvalue weighted by atomic mass is 10.0. The zero-order chi connectivity index (χ0) is 27.3. The summed E-state index contributed by atoms with van der Waals surface area (Å²) in [6.45, 7) is 1.43. The number of aliphatic hydroxyl groups excluding tert-OH is 1. The van der Waals surface area contributed by atoms with Crippen molar-refractivity contribution in [3.05, 3.63) is 54.2 Å². The number of alkyl halides is 3. The third kappa shape index (κ3) is 7.20. The molecule has 0 saturated carbocycles. The highest BCUT2D eigenvalue weighted by molar-refractivity contribution is 7.89. The van der Waals surface area contributed by atoms with E-state index >= 15 is 0 Å². The lowest BCUT2D eigenvalue weighted by Crippen LogP contribution is -2.40. The van der Waals surface area contributed by atoms with Crippen molar-refractivity contribution in [2.24, 2.45) is 5.14 Å². The predicted molar refractivity (Wildman–Crippen MR) is 141 cm³/mol. The molecule has 0 aliphatic carbocycles. The zero-order valence-electron chi connectivity index (χ0n) is 20.6. The molecule has 3 aromatic rings. The second-order valence-corrected chi connectivity index (χ2v) is 10.7. The molecule has 1 saturated heterocycles. The van der Waals surface area contributed by atoms with Gasteiger partial charge in [-0.05, 0) is 61.2 Å². The van der Waals surface area contributed by atoms with Crippen LogP contribution in [0.3, 0.4) is 0 Å². The van der Waals surface area contributed by atoms with Crippen LogP contribution in [0.4, 0.5) is 24.5 Å². The van der Waals surface area contributed by atoms with E-state index in [4.69, 9.17) is 10.2 Å². The Morgan fingerprint density at radius 2 is 1.82 bits per heavy atom. The number of hydrogen-bond acceptors (Lipinski definition) is 6. The Morgan fingerprint density at radius 1 is 1.11 bits per heavy atom. The fourth-order valence-corrected chi connectivity index (χ4v) is 5.08. The molecule has 2 heterocycles. The average Bonchev–Trinajstić information content (AvgIpc) is 3.20. The second-order valence-electron chi connectivity index (χ2n) is 9.18. The van der Waals surface area contributed by atoms with Gasteiger partial charge in [-0.1, -0.05) is 12.0 Å². The standard InChI is InChI=1S/C26H30F3N5O3S/c27-26(28,29)18-34-21(3-2-12-31-19-6-8-22(9-7-19)38(30,36)37)17-23-24(4-1-5-25(23)34)32-20-10-13-33(14-11-20)15-16-35/h1,4-9,17,20,31-32,35H,10-16,18H2,(H2,30,36,37). The second kappa shape index (κ2) is 11.7. The van der Waals surface area contributed by atoms with Crippen molar-refractivity contribution < 1.29 is 26.7 Å². The summed E-state index contributed by atoms with van der Waals surface area (Å²) in [5.41, 5.74) is 2.05. The summed E-state index contributed by atoms with van der Waals surface area (Å²) in [6, 6.07) is 12.9. The molecular formula is C26H30F3N5O3S. The molecule has 38 heavy (non-hydrogen) atoms. The minimum Gasteiger partial charge on any atom is -0.395 e. The molecule has 204 valence electrons. The number of rotatable bonds is 8. The van der Waals surface area contributed by atoms with Crippen molar-refractivity contribution in [3.63, 3.8) is 0 Å². The normalized spacial score (nSPS) is 15.3. The number of sulfonamides is 1. The molecule has 0 amide bonds. The van der Waals surface area contributed by atoms with Crippen molar-refractivity contribution in [2.45, 2.75) is 36.5 Å². The maximum Gasteiger partial charge on any atom is 0.406 e. The first-order valence-corrected chi connectivity index (χ1v) is 13.7. The van der Waals surface area contributed by atoms with E-state index in [9.17, 15) is 21.6 Å². The minimum atomic E-state index is -4.42. The van der Waals surface area contributed by atoms with Gasteiger partial charge in [0.15, 0.2) is 0 Å². The Hall–Kier alpha value is -3.24. The van der Waals surface area contributed by atoms with Crippen LogP contribution in [0, 0.1) is 11.8 Å². The number of aromatic nitrogens is 1. The lowest BCUT2D eigenvalue weighted by Gasteiger charge is -2.32. The number of hydrogen-bond donors (Lipinski definition) is 4. The van der Waals surface area contributed by atoms with Gasteiger partial charge in [-0.3, -0.25) is 0 Å². The third-order valence-electron chi connectivity index (χ3n) is 6.43. The highest BCUT2D eigenvalue weighted by Gasteiger charge is 2.30. The maximum atomic E-state index is 13.5. The van der Waals surface area contributed by atoms with Gasteiger partial charge < -0.3 is 25.2 Å². The van der Waals surface area contributed by atoms with Gasteiger partial charge in [0, 0.05) is 42.4 Å². The van der Waals surface area contributed by atoms with Crippen LogP contribution in [-0.4, -0.2) is 68.0 Å². The van der Waals surface area contributed by atoms with E-state index in [0.717, 1.165) is 31.6 Å². The predicted octanol–water partition coefficient (Wildman–Crippen LogP) is 3.18. The number of benzene rings is 2. The number of piperidine rings is 1. The molecule has 5 N–H and O–H groups in total. The molecule has 0 spiro atoms. The number of likely N-dealkylation sites (tertiary alicyclic amines) is 1. The first kappa shape index (κ1) is 27.8. The molecule has 8 nitrogen and oxygen atoms in total. The molecule has 1 aromatic heterocycles. The largest absolute Gasteiger partial charge is 0.406 e. The number of nitrogens with zero attached hydrogens (tertiary/aromatic N) is 2. The smallest absolute Gasteiger partial charge is 0.395 e. The zero-order valence-corrected chi connectivity index (χ0v) is 21.4. The fraction of sp³-hybridized carbons (Fsp3) is 0.385. The molecule has 0 radical (unpaired) electrons. The summed E-state index contributed by atoms with van der Waals surface area (Å²) in [5, 5.41) is 21.4. The number of primary sulfonamides is 1. The lowest BCUT2D eigenvalue weighted by molar-refractivity contribution is -0.140. The molecule has 1 fully saturated rings. The number of β-amino-alcohol motifs (C(OH)–C–C–N with tert-alkyl or cyclic N) is 1. The summed E-state index contributed by atoms with van der Waals surface area (Å²) in [6.07, 6.45) is -2.68. The molecule has 0 atom stereocenters. The van der Waals surface area contributed by atoms with Crippen molar-refractivity contribution in [2.75, 3.05) is 43.4 Å². The Kier molecular flexibility index (Phi) is 8.52. The van der Waals surface area contributed by atoms with Crippen LogP contribution in [0.25, 0.3) is 10.9 Å². The van der Waals surface area contributed by atoms with Gasteiger partial charge in [0.05, 0.1) is 29.3 Å². The Balaban J connectivity index is 1.53. The van der Waals surface area contributed by atoms with E-state index in [-0.39, 0.29) is 29.8 Å². The average molecular weight is 550 g/mol. The van der Waals surface area contributed by atoms with Crippen LogP contribution in [0.1, 0.15) is 18.5 Å². The summed E-state index contributed by atoms with van der Waals surface area (Å²) >= 11 is 0. The summed E-state index contributed by atoms with van der Waals surface area (Å²) < 4.78 is 64.3. The molecule has 0 unspecified atom stereocenters. The van der Waals surface area contributed by atoms with Gasteiger partial charge in [0.1, 0.15) is 6.54 Å². The number of nitrogens with two attached hydrogens (primary N) is 1. The van der Waals surface area contributed by atoms with Crippen LogP contribution >= 0.6 is 0 Å². The monoisotopic (exact) mass is 549 g/mol. The van der Waals surface area contributed by atoms with E-state index in [1.54, 1.807) is 18.2 Å². The number of nitrogens with one attached hydrogen (secondary N) is 2. The Morgan fingerprint density at radius 3 is 2.45 bits per heavy atom. The third-order valence-corrected chi connectivity index (χ3v) is 7.36. The SMILES string of the molecule is NS(=O)(=O)c1ccc(NCC#Cc2cc3c(NC4CCN(CCO)CC4)cccc3n2CC(F)(F)F)cc1. The molecule has 2 aromatic carbocycles. The van der Waals surface area contributed by atoms with Crippen LogP contribution in [-0.2, 0) is 16.6 Å². The maximum absolute atomic E-state index is 13.5. The van der Waals surface area contributed by atoms with Gasteiger partial charge in [0.2, 0.25) is 10.0 Å². The van der Waals surface area contributed by atoms with Crippen LogP contribution in [0.2, 0.25) is 0 Å². The Labute approximate surface area is 219 Å². The van der Waals surface area contributed by atoms with Crippen LogP contribution in [0.15, 0.2) is 53.4 Å². The summed E-state index contributed by atoms with van der Waals surface area (Å²) in [5.74, 6) is 5.72. The first-order chi connectivity index (χ1) is 18.0. The molecule has 1 aliphatic heterocycles. The molecular weight excluding hydrogens is 519 g/mol. The number of halogens is 3. The number of fused-ring (bicyclic) bond motifs is 1. The molecule has 4 rings (SSSR count). The van der Waals surface area contributed by atoms with Crippen molar-refractivity contribution in [1.82, 2.24) is 9.47 Å². The van der Waals surface area contributed by atoms with Crippen molar-refractivity contribution in [1.29, 1.82) is 0 Å². The van der Waals surface area contributed by atoms with Crippen LogP contribution < -0.4 is 15.8 Å². The summed E-state index contributed by atoms with van der Waals surface area (Å²) in [4.78, 5) is 2.17. The molecule has 0 bridgehead atoms. The highest BCUT2D eigenvalue weighted by Crippen LogP contribution is 2.31. The van der Waals surface area contributed by atoms with Crippen molar-refractivity contribution in [3.8, 4) is 11.8 Å². The van der Waals surface area contributed by atoms with E-state index in [2.05, 4.69) is 27.4 Å². The topological polar surface area (TPSA) is 113 Å². The Bertz CT molecular complexity index is 1420. The van der Waals surface area contributed by atoms with E-state index in [0.29, 0.717) is 23.1 Å². The number of aliphatic hydroxyl groups is 1. The van der Waals surface area contributed by atoms with Gasteiger partial charge >= 0.3 is 6.18 Å². The van der Waals surface area contributed by atoms with E-state index in [1.807, 2.05) is 6.07 Å². The van der Waals surface area contributed by atoms with Crippen molar-refractivity contribution >= 4 is 32.3 Å². The quantitative estimate of drug-likeness (QED) is 0.321. The minimum absolute atomic E-state index is 0.0223. The number of anilines is 2. The van der Waals surface area contributed by atoms with Crippen LogP contribution in [0.5, 0.6) is 0 Å². The van der Waals surface area contributed by atoms with Gasteiger partial charge in [0.25, 0.3) is 0 Å². The first-order valence-electron chi connectivity index (χ1n) is 12.2.